The average molecular weight is 693 g/mol. The van der Waals surface area contributed by atoms with Crippen LogP contribution in [0.4, 0.5) is 0 Å². The summed E-state index contributed by atoms with van der Waals surface area (Å²) in [6, 6.07) is 57.6. The number of hydrogen-bond donors (Lipinski definition) is 0. The molecule has 252 valence electrons. The molecule has 0 aliphatic rings. The van der Waals surface area contributed by atoms with E-state index in [1.807, 2.05) is 84.9 Å². The van der Waals surface area contributed by atoms with Crippen LogP contribution in [0.1, 0.15) is 0 Å². The second-order valence-corrected chi connectivity index (χ2v) is 13.4. The maximum Gasteiger partial charge on any atom is 0.227 e. The molecule has 0 radical (unpaired) electrons. The third kappa shape index (κ3) is 4.89. The van der Waals surface area contributed by atoms with Gasteiger partial charge in [0.25, 0.3) is 0 Å². The van der Waals surface area contributed by atoms with E-state index < -0.39 is 0 Å². The lowest BCUT2D eigenvalue weighted by Gasteiger charge is -2.13. The van der Waals surface area contributed by atoms with Gasteiger partial charge in [-0.2, -0.15) is 0 Å². The van der Waals surface area contributed by atoms with E-state index in [2.05, 4.69) is 84.9 Å². The van der Waals surface area contributed by atoms with Crippen LogP contribution in [0.5, 0.6) is 0 Å². The molecule has 0 aliphatic heterocycles. The molecule has 0 fully saturated rings. The maximum atomic E-state index is 6.47. The number of fused-ring (bicyclic) bond motifs is 6. The molecule has 11 aromatic rings. The van der Waals surface area contributed by atoms with Crippen LogP contribution in [0.25, 0.3) is 111 Å². The van der Waals surface area contributed by atoms with Gasteiger partial charge in [0.15, 0.2) is 23.1 Å². The average Bonchev–Trinajstić information content (AvgIpc) is 3.84. The number of rotatable bonds is 5. The zero-order chi connectivity index (χ0) is 35.6. The second-order valence-electron chi connectivity index (χ2n) is 13.4. The monoisotopic (exact) mass is 692 g/mol. The molecule has 0 saturated heterocycles. The summed E-state index contributed by atoms with van der Waals surface area (Å²) in [5.41, 5.74) is 8.62. The molecule has 0 saturated carbocycles. The minimum absolute atomic E-state index is 0.560. The highest BCUT2D eigenvalue weighted by Gasteiger charge is 2.23. The molecule has 6 heteroatoms. The van der Waals surface area contributed by atoms with E-state index in [-0.39, 0.29) is 0 Å². The Morgan fingerprint density at radius 3 is 1.80 bits per heavy atom. The summed E-state index contributed by atoms with van der Waals surface area (Å²) >= 11 is 0. The molecule has 0 N–H and O–H groups in total. The molecule has 0 amide bonds. The lowest BCUT2D eigenvalue weighted by molar-refractivity contribution is 0.617. The summed E-state index contributed by atoms with van der Waals surface area (Å²) in [6.07, 6.45) is 0. The Hall–Kier alpha value is -7.44. The van der Waals surface area contributed by atoms with E-state index in [1.54, 1.807) is 0 Å². The zero-order valence-corrected chi connectivity index (χ0v) is 28.8. The predicted octanol–water partition coefficient (Wildman–Crippen LogP) is 12.6. The van der Waals surface area contributed by atoms with Gasteiger partial charge in [0.2, 0.25) is 5.89 Å². The molecule has 0 unspecified atom stereocenters. The summed E-state index contributed by atoms with van der Waals surface area (Å²) in [7, 11) is 0. The smallest absolute Gasteiger partial charge is 0.227 e. The number of benzene rings is 8. The van der Waals surface area contributed by atoms with Gasteiger partial charge < -0.3 is 8.83 Å². The first-order valence-electron chi connectivity index (χ1n) is 17.9. The predicted molar refractivity (Wildman–Crippen MR) is 217 cm³/mol. The fourth-order valence-electron chi connectivity index (χ4n) is 7.63. The fourth-order valence-corrected chi connectivity index (χ4v) is 7.63. The van der Waals surface area contributed by atoms with E-state index in [0.717, 1.165) is 82.4 Å². The van der Waals surface area contributed by atoms with Gasteiger partial charge >= 0.3 is 0 Å². The molecule has 54 heavy (non-hydrogen) atoms. The topological polar surface area (TPSA) is 77.8 Å². The van der Waals surface area contributed by atoms with Gasteiger partial charge in [-0.3, -0.25) is 0 Å². The van der Waals surface area contributed by atoms with Crippen LogP contribution < -0.4 is 0 Å². The van der Waals surface area contributed by atoms with E-state index in [9.17, 15) is 0 Å². The fraction of sp³-hybridized carbons (Fsp3) is 0. The highest BCUT2D eigenvalue weighted by atomic mass is 16.4. The van der Waals surface area contributed by atoms with Gasteiger partial charge in [-0.25, -0.2) is 19.9 Å². The van der Waals surface area contributed by atoms with Crippen molar-refractivity contribution < 1.29 is 8.83 Å². The molecular weight excluding hydrogens is 665 g/mol. The van der Waals surface area contributed by atoms with Crippen molar-refractivity contribution in [2.75, 3.05) is 0 Å². The van der Waals surface area contributed by atoms with Crippen LogP contribution in [0.2, 0.25) is 0 Å². The van der Waals surface area contributed by atoms with E-state index >= 15 is 0 Å². The number of aromatic nitrogens is 4. The number of nitrogens with zero attached hydrogens (tertiary/aromatic N) is 4. The molecule has 0 spiro atoms. The van der Waals surface area contributed by atoms with Crippen molar-refractivity contribution in [1.82, 2.24) is 19.9 Å². The molecule has 6 nitrogen and oxygen atoms in total. The van der Waals surface area contributed by atoms with Crippen molar-refractivity contribution in [2.45, 2.75) is 0 Å². The summed E-state index contributed by atoms with van der Waals surface area (Å²) in [6.45, 7) is 0. The van der Waals surface area contributed by atoms with Crippen LogP contribution in [-0.2, 0) is 0 Å². The van der Waals surface area contributed by atoms with Gasteiger partial charge in [0.1, 0.15) is 16.7 Å². The Morgan fingerprint density at radius 1 is 0.352 bits per heavy atom. The van der Waals surface area contributed by atoms with E-state index in [1.165, 1.54) is 0 Å². The molecule has 0 aliphatic carbocycles. The summed E-state index contributed by atoms with van der Waals surface area (Å²) < 4.78 is 12.9. The summed E-state index contributed by atoms with van der Waals surface area (Å²) in [5.74, 6) is 2.39. The van der Waals surface area contributed by atoms with Gasteiger partial charge in [-0.15, -0.1) is 0 Å². The van der Waals surface area contributed by atoms with E-state index in [4.69, 9.17) is 28.8 Å². The number of hydrogen-bond acceptors (Lipinski definition) is 6. The third-order valence-electron chi connectivity index (χ3n) is 10.2. The standard InChI is InChI=1S/C48H28N4O2/c1-3-14-30(15-4-1)45-50-46(33-26-25-29-13-7-8-18-32(29)27-33)52-47(51-45)37-23-12-20-34-35(37)21-11-22-36(34)43-42-38-19-9-10-24-39(38)53-40(42)28-41-44(43)49-48(54-41)31-16-5-2-6-17-31/h1-28H. The van der Waals surface area contributed by atoms with Gasteiger partial charge in [0.05, 0.1) is 0 Å². The molecule has 0 atom stereocenters. The summed E-state index contributed by atoms with van der Waals surface area (Å²) in [4.78, 5) is 20.5. The first kappa shape index (κ1) is 30.2. The molecule has 3 aromatic heterocycles. The lowest BCUT2D eigenvalue weighted by atomic mass is 9.92. The van der Waals surface area contributed by atoms with Gasteiger partial charge in [-0.1, -0.05) is 140 Å². The Morgan fingerprint density at radius 2 is 0.981 bits per heavy atom. The van der Waals surface area contributed by atoms with Crippen LogP contribution in [0, 0.1) is 0 Å². The summed E-state index contributed by atoms with van der Waals surface area (Å²) in [5, 5.41) is 6.35. The van der Waals surface area contributed by atoms with Crippen LogP contribution >= 0.6 is 0 Å². The van der Waals surface area contributed by atoms with Crippen LogP contribution in [0.15, 0.2) is 179 Å². The molecular formula is C48H28N4O2. The number of furan rings is 1. The van der Waals surface area contributed by atoms with Gasteiger partial charge in [-0.05, 0) is 51.4 Å². The van der Waals surface area contributed by atoms with Crippen LogP contribution in [-0.4, -0.2) is 19.9 Å². The SMILES string of the molecule is c1ccc(-c2nc(-c3ccc4ccccc4c3)nc(-c3cccc4c(-c5c6nc(-c7ccccc7)oc6cc6oc7ccccc7c56)cccc34)n2)cc1. The Balaban J connectivity index is 1.17. The molecule has 3 heterocycles. The van der Waals surface area contributed by atoms with E-state index in [0.29, 0.717) is 28.9 Å². The molecule has 8 aromatic carbocycles. The maximum absolute atomic E-state index is 6.47. The Bertz CT molecular complexity index is 3220. The third-order valence-corrected chi connectivity index (χ3v) is 10.2. The Kier molecular flexibility index (Phi) is 6.75. The first-order valence-corrected chi connectivity index (χ1v) is 17.9. The van der Waals surface area contributed by atoms with Gasteiger partial charge in [0, 0.05) is 44.7 Å². The quantitative estimate of drug-likeness (QED) is 0.179. The van der Waals surface area contributed by atoms with Crippen molar-refractivity contribution in [3.8, 4) is 56.7 Å². The molecule has 11 rings (SSSR count). The minimum atomic E-state index is 0.560. The molecule has 0 bridgehead atoms. The van der Waals surface area contributed by atoms with Crippen LogP contribution in [0.3, 0.4) is 0 Å². The largest absolute Gasteiger partial charge is 0.456 e. The lowest BCUT2D eigenvalue weighted by Crippen LogP contribution is -2.00. The zero-order valence-electron chi connectivity index (χ0n) is 28.8. The second kappa shape index (κ2) is 12.1. The normalized spacial score (nSPS) is 11.7. The number of oxazole rings is 1. The highest BCUT2D eigenvalue weighted by molar-refractivity contribution is 6.22. The van der Waals surface area contributed by atoms with Crippen molar-refractivity contribution in [3.05, 3.63) is 170 Å². The Labute approximate surface area is 309 Å². The minimum Gasteiger partial charge on any atom is -0.456 e. The van der Waals surface area contributed by atoms with Crippen molar-refractivity contribution in [2.24, 2.45) is 0 Å². The van der Waals surface area contributed by atoms with Crippen molar-refractivity contribution >= 4 is 54.6 Å². The van der Waals surface area contributed by atoms with Crippen molar-refractivity contribution in [1.29, 1.82) is 0 Å². The number of para-hydroxylation sites is 1. The van der Waals surface area contributed by atoms with Crippen molar-refractivity contribution in [3.63, 3.8) is 0 Å². The first-order chi connectivity index (χ1) is 26.7. The highest BCUT2D eigenvalue weighted by Crippen LogP contribution is 2.45.